The van der Waals surface area contributed by atoms with E-state index >= 15 is 0 Å². The van der Waals surface area contributed by atoms with Crippen molar-refractivity contribution < 1.29 is 34.1 Å². The molecule has 5 rings (SSSR count). The summed E-state index contributed by atoms with van der Waals surface area (Å²) in [5.41, 5.74) is 2.97. The molecule has 2 aromatic heterocycles. The number of ether oxygens (including phenoxy) is 1. The van der Waals surface area contributed by atoms with Crippen LogP contribution < -0.4 is 0 Å². The maximum absolute atomic E-state index is 13.7. The lowest BCUT2D eigenvalue weighted by atomic mass is 9.68. The van der Waals surface area contributed by atoms with E-state index in [1.807, 2.05) is 24.3 Å². The Kier molecular flexibility index (Phi) is 9.49. The number of aliphatic hydroxyl groups excluding tert-OH is 3. The maximum atomic E-state index is 13.7. The van der Waals surface area contributed by atoms with Crippen molar-refractivity contribution in [2.24, 2.45) is 17.8 Å². The van der Waals surface area contributed by atoms with E-state index in [0.717, 1.165) is 48.9 Å². The van der Waals surface area contributed by atoms with Gasteiger partial charge in [-0.25, -0.2) is 0 Å². The first-order chi connectivity index (χ1) is 20.0. The van der Waals surface area contributed by atoms with Crippen LogP contribution in [0.1, 0.15) is 68.6 Å². The van der Waals surface area contributed by atoms with E-state index in [4.69, 9.17) is 9.15 Å². The number of aliphatic hydroxyl groups is 3. The lowest BCUT2D eigenvalue weighted by Crippen LogP contribution is -2.42. The summed E-state index contributed by atoms with van der Waals surface area (Å²) in [4.78, 5) is 33.3. The van der Waals surface area contributed by atoms with Crippen LogP contribution in [0, 0.1) is 17.8 Å². The molecule has 4 atom stereocenters. The number of aromatic nitrogens is 1. The number of carbonyl (C=O) groups excluding carboxylic acids is 2. The largest absolute Gasteiger partial charge is 0.459 e. The molecule has 9 heteroatoms. The third kappa shape index (κ3) is 6.09. The Morgan fingerprint density at radius 2 is 1.95 bits per heavy atom. The fourth-order valence-electron chi connectivity index (χ4n) is 6.99. The van der Waals surface area contributed by atoms with Gasteiger partial charge in [0.05, 0.1) is 36.8 Å². The molecule has 220 valence electrons. The van der Waals surface area contributed by atoms with Gasteiger partial charge in [0, 0.05) is 25.3 Å². The van der Waals surface area contributed by atoms with Gasteiger partial charge in [-0.1, -0.05) is 25.3 Å². The van der Waals surface area contributed by atoms with Crippen LogP contribution in [-0.4, -0.2) is 69.5 Å². The van der Waals surface area contributed by atoms with Crippen molar-refractivity contribution in [2.75, 3.05) is 20.3 Å². The highest BCUT2D eigenvalue weighted by Crippen LogP contribution is 2.47. The number of hydrogen-bond donors (Lipinski definition) is 3. The molecular formula is C32H40N2O7. The molecule has 1 saturated heterocycles. The predicted molar refractivity (Wildman–Crippen MR) is 152 cm³/mol. The first kappa shape index (κ1) is 29.4. The summed E-state index contributed by atoms with van der Waals surface area (Å²) in [6.07, 6.45) is 8.45. The van der Waals surface area contributed by atoms with Gasteiger partial charge in [-0.2, -0.15) is 0 Å². The van der Waals surface area contributed by atoms with Crippen LogP contribution in [0.2, 0.25) is 0 Å². The zero-order valence-electron chi connectivity index (χ0n) is 23.6. The Hall–Kier alpha value is -3.11. The number of nitrogens with zero attached hydrogens (tertiary/aromatic N) is 2. The molecule has 0 bridgehead atoms. The van der Waals surface area contributed by atoms with Gasteiger partial charge in [0.15, 0.2) is 0 Å². The number of carbonyl (C=O) groups is 2. The predicted octanol–water partition coefficient (Wildman–Crippen LogP) is 3.74. The smallest absolute Gasteiger partial charge is 0.234 e. The zero-order valence-corrected chi connectivity index (χ0v) is 23.6. The SMILES string of the molecule is COCC1=C([C@H](O)CC/C(=C/c2ccc(CO)o2)c2ccccn2)[C@H](CO)[C@@H]2C(=O)N(C3CCCCC3)C(=O)[C@@H]2C1. The third-order valence-electron chi connectivity index (χ3n) is 8.87. The van der Waals surface area contributed by atoms with Crippen LogP contribution in [0.25, 0.3) is 11.6 Å². The van der Waals surface area contributed by atoms with Crippen molar-refractivity contribution in [3.05, 3.63) is 64.9 Å². The second-order valence-electron chi connectivity index (χ2n) is 11.4. The molecule has 9 nitrogen and oxygen atoms in total. The standard InChI is InChI=1S/C32H40N2O7/c1-40-19-21-16-25-30(32(39)34(31(25)38)22-7-3-2-4-8-22)26(18-36)29(21)28(37)13-10-20(27-9-5-6-14-33-27)15-23-11-12-24(17-35)41-23/h5-6,9,11-12,14-15,22,25-26,28,30,35-37H,2-4,7-8,10,13,16-19H2,1H3/b20-15-/t25-,26+,28-,30-/m1/s1. The summed E-state index contributed by atoms with van der Waals surface area (Å²) in [5.74, 6) is -1.20. The fourth-order valence-corrected chi connectivity index (χ4v) is 6.99. The van der Waals surface area contributed by atoms with E-state index < -0.39 is 23.9 Å². The number of likely N-dealkylation sites (tertiary alicyclic amines) is 1. The van der Waals surface area contributed by atoms with E-state index in [-0.39, 0.29) is 37.7 Å². The van der Waals surface area contributed by atoms with Gasteiger partial charge < -0.3 is 24.5 Å². The van der Waals surface area contributed by atoms with Crippen molar-refractivity contribution in [1.29, 1.82) is 0 Å². The Balaban J connectivity index is 1.41. The average molecular weight is 565 g/mol. The molecule has 2 aromatic rings. The van der Waals surface area contributed by atoms with Crippen LogP contribution in [0.4, 0.5) is 0 Å². The Morgan fingerprint density at radius 3 is 2.61 bits per heavy atom. The average Bonchev–Trinajstić information content (AvgIpc) is 3.56. The first-order valence-corrected chi connectivity index (χ1v) is 14.6. The molecule has 0 radical (unpaired) electrons. The fraction of sp³-hybridized carbons (Fsp3) is 0.531. The van der Waals surface area contributed by atoms with Gasteiger partial charge in [-0.3, -0.25) is 19.5 Å². The number of rotatable bonds is 11. The van der Waals surface area contributed by atoms with Crippen LogP contribution in [0.5, 0.6) is 0 Å². The summed E-state index contributed by atoms with van der Waals surface area (Å²) >= 11 is 0. The number of hydrogen-bond acceptors (Lipinski definition) is 8. The van der Waals surface area contributed by atoms with Gasteiger partial charge in [0.25, 0.3) is 0 Å². The second kappa shape index (κ2) is 13.2. The van der Waals surface area contributed by atoms with Gasteiger partial charge >= 0.3 is 0 Å². The monoisotopic (exact) mass is 564 g/mol. The molecule has 3 N–H and O–H groups in total. The number of fused-ring (bicyclic) bond motifs is 1. The lowest BCUT2D eigenvalue weighted by Gasteiger charge is -2.36. The molecule has 3 aliphatic rings. The van der Waals surface area contributed by atoms with Crippen LogP contribution in [0.15, 0.2) is 52.1 Å². The van der Waals surface area contributed by atoms with Gasteiger partial charge in [0.2, 0.25) is 11.8 Å². The molecule has 2 amide bonds. The van der Waals surface area contributed by atoms with Crippen LogP contribution in [0.3, 0.4) is 0 Å². The number of allylic oxidation sites excluding steroid dienone is 1. The number of imide groups is 1. The summed E-state index contributed by atoms with van der Waals surface area (Å²) in [5, 5.41) is 31.6. The van der Waals surface area contributed by atoms with Gasteiger partial charge in [-0.05, 0) is 79.2 Å². The number of amides is 2. The Labute approximate surface area is 240 Å². The van der Waals surface area contributed by atoms with Crippen molar-refractivity contribution in [2.45, 2.75) is 70.1 Å². The Bertz CT molecular complexity index is 1280. The summed E-state index contributed by atoms with van der Waals surface area (Å²) in [6.45, 7) is -0.320. The topological polar surface area (TPSA) is 133 Å². The minimum atomic E-state index is -0.957. The molecule has 3 heterocycles. The van der Waals surface area contributed by atoms with E-state index in [9.17, 15) is 24.9 Å². The van der Waals surface area contributed by atoms with Gasteiger partial charge in [-0.15, -0.1) is 0 Å². The normalized spacial score (nSPS) is 24.7. The highest BCUT2D eigenvalue weighted by atomic mass is 16.5. The van der Waals surface area contributed by atoms with Gasteiger partial charge in [0.1, 0.15) is 18.1 Å². The molecule has 0 aromatic carbocycles. The van der Waals surface area contributed by atoms with Crippen molar-refractivity contribution in [3.63, 3.8) is 0 Å². The van der Waals surface area contributed by atoms with Crippen molar-refractivity contribution >= 4 is 23.5 Å². The number of methoxy groups -OCH3 is 1. The minimum absolute atomic E-state index is 0.0769. The van der Waals surface area contributed by atoms with Crippen LogP contribution >= 0.6 is 0 Å². The Morgan fingerprint density at radius 1 is 1.15 bits per heavy atom. The summed E-state index contributed by atoms with van der Waals surface area (Å²) < 4.78 is 11.2. The van der Waals surface area contributed by atoms with E-state index in [2.05, 4.69) is 4.98 Å². The van der Waals surface area contributed by atoms with Crippen molar-refractivity contribution in [1.82, 2.24) is 9.88 Å². The van der Waals surface area contributed by atoms with E-state index in [1.165, 1.54) is 4.90 Å². The third-order valence-corrected chi connectivity index (χ3v) is 8.87. The molecule has 1 aliphatic heterocycles. The zero-order chi connectivity index (χ0) is 28.9. The van der Waals surface area contributed by atoms with E-state index in [1.54, 1.807) is 25.4 Å². The number of pyridine rings is 1. The quantitative estimate of drug-likeness (QED) is 0.278. The molecule has 2 aliphatic carbocycles. The summed E-state index contributed by atoms with van der Waals surface area (Å²) in [6, 6.07) is 9.00. The van der Waals surface area contributed by atoms with Crippen molar-refractivity contribution in [3.8, 4) is 0 Å². The maximum Gasteiger partial charge on any atom is 0.234 e. The highest BCUT2D eigenvalue weighted by molar-refractivity contribution is 6.06. The summed E-state index contributed by atoms with van der Waals surface area (Å²) in [7, 11) is 1.57. The minimum Gasteiger partial charge on any atom is -0.459 e. The first-order valence-electron chi connectivity index (χ1n) is 14.6. The molecule has 0 unspecified atom stereocenters. The number of furan rings is 1. The molecular weight excluding hydrogens is 524 g/mol. The van der Waals surface area contributed by atoms with Crippen LogP contribution in [-0.2, 0) is 20.9 Å². The lowest BCUT2D eigenvalue weighted by molar-refractivity contribution is -0.143. The van der Waals surface area contributed by atoms with E-state index in [0.29, 0.717) is 36.4 Å². The molecule has 41 heavy (non-hydrogen) atoms. The highest BCUT2D eigenvalue weighted by Gasteiger charge is 2.56. The molecule has 1 saturated carbocycles. The molecule has 0 spiro atoms. The molecule has 2 fully saturated rings. The second-order valence-corrected chi connectivity index (χ2v) is 11.4.